The van der Waals surface area contributed by atoms with E-state index in [4.69, 9.17) is 24.2 Å². The largest absolute Gasteiger partial charge is 0.490 e. The molecule has 0 radical (unpaired) electrons. The van der Waals surface area contributed by atoms with Crippen LogP contribution in [0.3, 0.4) is 0 Å². The van der Waals surface area contributed by atoms with Gasteiger partial charge in [-0.15, -0.1) is 0 Å². The van der Waals surface area contributed by atoms with Gasteiger partial charge in [-0.2, -0.15) is 26.3 Å². The fraction of sp³-hybridized carbons (Fsp3) is 0.435. The monoisotopic (exact) mass is 582 g/mol. The van der Waals surface area contributed by atoms with Crippen molar-refractivity contribution in [3.05, 3.63) is 48.2 Å². The lowest BCUT2D eigenvalue weighted by Crippen LogP contribution is -2.64. The van der Waals surface area contributed by atoms with E-state index in [0.717, 1.165) is 12.1 Å². The molecule has 1 spiro atoms. The lowest BCUT2D eigenvalue weighted by molar-refractivity contribution is -0.193. The highest BCUT2D eigenvalue weighted by Gasteiger charge is 2.49. The zero-order chi connectivity index (χ0) is 30.5. The Bertz CT molecular complexity index is 1190. The van der Waals surface area contributed by atoms with Crippen molar-refractivity contribution in [1.29, 1.82) is 0 Å². The second-order valence-electron chi connectivity index (χ2n) is 8.74. The van der Waals surface area contributed by atoms with E-state index < -0.39 is 24.3 Å². The third-order valence-electron chi connectivity index (χ3n) is 6.09. The first-order valence-electron chi connectivity index (χ1n) is 11.2. The Morgan fingerprint density at radius 3 is 2.05 bits per heavy atom. The van der Waals surface area contributed by atoms with E-state index in [1.807, 2.05) is 24.1 Å². The highest BCUT2D eigenvalue weighted by molar-refractivity contribution is 5.97. The van der Waals surface area contributed by atoms with Crippen molar-refractivity contribution < 1.29 is 60.2 Å². The summed E-state index contributed by atoms with van der Waals surface area (Å²) in [6.45, 7) is 3.96. The number of carboxylic acids is 2. The molecule has 40 heavy (non-hydrogen) atoms. The number of pyridine rings is 1. The van der Waals surface area contributed by atoms with Gasteiger partial charge in [0.25, 0.3) is 5.91 Å². The first-order chi connectivity index (χ1) is 18.4. The van der Waals surface area contributed by atoms with Crippen LogP contribution in [0.25, 0.3) is 0 Å². The first-order valence-corrected chi connectivity index (χ1v) is 11.2. The number of piperazine rings is 1. The fourth-order valence-electron chi connectivity index (χ4n) is 3.96. The van der Waals surface area contributed by atoms with E-state index >= 15 is 0 Å². The number of aryl methyl sites for hydroxylation is 1. The number of aromatic nitrogens is 1. The molecule has 2 N–H and O–H groups in total. The molecule has 2 aliphatic heterocycles. The summed E-state index contributed by atoms with van der Waals surface area (Å²) in [6.07, 6.45) is -4.38. The summed E-state index contributed by atoms with van der Waals surface area (Å²) in [4.78, 5) is 53.1. The van der Waals surface area contributed by atoms with Crippen LogP contribution < -0.4 is 4.90 Å². The van der Waals surface area contributed by atoms with Crippen LogP contribution in [0, 0.1) is 6.92 Å². The van der Waals surface area contributed by atoms with Gasteiger partial charge in [0.15, 0.2) is 0 Å². The first kappa shape index (κ1) is 32.1. The minimum absolute atomic E-state index is 0.00801. The number of rotatable bonds is 2. The van der Waals surface area contributed by atoms with Crippen LogP contribution in [0.1, 0.15) is 22.5 Å². The molecule has 4 heterocycles. The predicted octanol–water partition coefficient (Wildman–Crippen LogP) is 2.81. The SMILES string of the molecule is Cc1occc1C(=O)N1CCC2(C1)CN(c1cccnc1)C(=O)CN2C.O=C(O)C(F)(F)F.O=C(O)C(F)(F)F. The quantitative estimate of drug-likeness (QED) is 0.511. The molecule has 2 saturated heterocycles. The van der Waals surface area contributed by atoms with Gasteiger partial charge in [0.1, 0.15) is 5.76 Å². The van der Waals surface area contributed by atoms with Crippen molar-refractivity contribution in [3.63, 3.8) is 0 Å². The topological polar surface area (TPSA) is 144 Å². The van der Waals surface area contributed by atoms with E-state index in [1.54, 1.807) is 36.5 Å². The predicted molar refractivity (Wildman–Crippen MR) is 123 cm³/mol. The summed E-state index contributed by atoms with van der Waals surface area (Å²) in [5, 5.41) is 14.2. The number of amides is 2. The number of hydrogen-bond acceptors (Lipinski definition) is 7. The molecule has 0 bridgehead atoms. The van der Waals surface area contributed by atoms with Crippen LogP contribution >= 0.6 is 0 Å². The van der Waals surface area contributed by atoms with E-state index in [1.165, 1.54) is 0 Å². The molecule has 220 valence electrons. The standard InChI is InChI=1S/C19H22N4O3.2C2HF3O2/c1-14-16(5-9-26-14)18(25)22-8-6-19(12-22)13-23(17(24)11-21(19)2)15-4-3-7-20-10-15;2*3-2(4,5)1(6)7/h3-5,7,9-10H,6,8,11-13H2,1-2H3;2*(H,6,7). The van der Waals surface area contributed by atoms with Gasteiger partial charge in [-0.25, -0.2) is 9.59 Å². The minimum Gasteiger partial charge on any atom is -0.475 e. The molecule has 2 aliphatic rings. The number of alkyl halides is 6. The summed E-state index contributed by atoms with van der Waals surface area (Å²) < 4.78 is 68.7. The van der Waals surface area contributed by atoms with Gasteiger partial charge in [0.05, 0.1) is 35.8 Å². The summed E-state index contributed by atoms with van der Waals surface area (Å²) in [5.41, 5.74) is 1.18. The Labute approximate surface area is 222 Å². The van der Waals surface area contributed by atoms with Gasteiger partial charge < -0.3 is 24.4 Å². The van der Waals surface area contributed by atoms with Gasteiger partial charge in [-0.3, -0.25) is 19.5 Å². The number of aliphatic carboxylic acids is 2. The van der Waals surface area contributed by atoms with Crippen LogP contribution in [-0.2, 0) is 14.4 Å². The molecular formula is C23H24F6N4O7. The zero-order valence-corrected chi connectivity index (χ0v) is 21.0. The molecule has 0 saturated carbocycles. The molecule has 1 atom stereocenters. The maximum atomic E-state index is 12.8. The highest BCUT2D eigenvalue weighted by atomic mass is 19.4. The molecule has 17 heteroatoms. The molecule has 0 aliphatic carbocycles. The number of carboxylic acid groups (broad SMARTS) is 2. The van der Waals surface area contributed by atoms with Crippen molar-refractivity contribution in [2.24, 2.45) is 0 Å². The number of likely N-dealkylation sites (N-methyl/N-ethyl adjacent to an activating group) is 1. The third kappa shape index (κ3) is 7.93. The summed E-state index contributed by atoms with van der Waals surface area (Å²) in [5.74, 6) is -4.83. The number of carbonyl (C=O) groups excluding carboxylic acids is 2. The number of likely N-dealkylation sites (tertiary alicyclic amines) is 1. The number of carbonyl (C=O) groups is 4. The fourth-order valence-corrected chi connectivity index (χ4v) is 3.96. The van der Waals surface area contributed by atoms with E-state index in [-0.39, 0.29) is 17.4 Å². The highest BCUT2D eigenvalue weighted by Crippen LogP contribution is 2.34. The second-order valence-corrected chi connectivity index (χ2v) is 8.74. The Balaban J connectivity index is 0.000000333. The summed E-state index contributed by atoms with van der Waals surface area (Å²) in [6, 6.07) is 5.45. The molecule has 4 rings (SSSR count). The van der Waals surface area contributed by atoms with Crippen molar-refractivity contribution in [3.8, 4) is 0 Å². The molecular weight excluding hydrogens is 558 g/mol. The van der Waals surface area contributed by atoms with E-state index in [0.29, 0.717) is 37.5 Å². The van der Waals surface area contributed by atoms with Gasteiger partial charge in [0, 0.05) is 25.8 Å². The number of nitrogens with zero attached hydrogens (tertiary/aromatic N) is 4. The molecule has 0 aromatic carbocycles. The molecule has 2 fully saturated rings. The minimum atomic E-state index is -5.08. The maximum absolute atomic E-state index is 12.8. The zero-order valence-electron chi connectivity index (χ0n) is 21.0. The van der Waals surface area contributed by atoms with Gasteiger partial charge in [-0.1, -0.05) is 0 Å². The maximum Gasteiger partial charge on any atom is 0.490 e. The smallest absolute Gasteiger partial charge is 0.475 e. The molecule has 2 aromatic rings. The second kappa shape index (κ2) is 12.4. The third-order valence-corrected chi connectivity index (χ3v) is 6.09. The lowest BCUT2D eigenvalue weighted by Gasteiger charge is -2.46. The van der Waals surface area contributed by atoms with Crippen LogP contribution in [-0.4, -0.2) is 99.9 Å². The van der Waals surface area contributed by atoms with Crippen LogP contribution in [0.15, 0.2) is 41.3 Å². The number of hydrogen-bond donors (Lipinski definition) is 2. The van der Waals surface area contributed by atoms with Gasteiger partial charge in [-0.05, 0) is 38.6 Å². The number of anilines is 1. The summed E-state index contributed by atoms with van der Waals surface area (Å²) in [7, 11) is 1.97. The molecule has 1 unspecified atom stereocenters. The Morgan fingerprint density at radius 2 is 1.60 bits per heavy atom. The van der Waals surface area contributed by atoms with Crippen molar-refractivity contribution in [2.45, 2.75) is 31.2 Å². The normalized spacial score (nSPS) is 19.4. The van der Waals surface area contributed by atoms with E-state index in [9.17, 15) is 35.9 Å². The molecule has 11 nitrogen and oxygen atoms in total. The molecule has 2 aromatic heterocycles. The average Bonchev–Trinajstić information content (AvgIpc) is 3.48. The van der Waals surface area contributed by atoms with Crippen molar-refractivity contribution in [2.75, 3.05) is 38.1 Å². The van der Waals surface area contributed by atoms with Crippen molar-refractivity contribution in [1.82, 2.24) is 14.8 Å². The summed E-state index contributed by atoms with van der Waals surface area (Å²) >= 11 is 0. The number of furan rings is 1. The molecule has 2 amide bonds. The van der Waals surface area contributed by atoms with E-state index in [2.05, 4.69) is 9.88 Å². The Morgan fingerprint density at radius 1 is 1.02 bits per heavy atom. The van der Waals surface area contributed by atoms with Crippen molar-refractivity contribution >= 4 is 29.4 Å². The Hall–Kier alpha value is -4.15. The average molecular weight is 582 g/mol. The number of halogens is 6. The van der Waals surface area contributed by atoms with Gasteiger partial charge >= 0.3 is 24.3 Å². The van der Waals surface area contributed by atoms with Crippen LogP contribution in [0.5, 0.6) is 0 Å². The van der Waals surface area contributed by atoms with Crippen LogP contribution in [0.2, 0.25) is 0 Å². The van der Waals surface area contributed by atoms with Gasteiger partial charge in [0.2, 0.25) is 5.91 Å². The Kier molecular flexibility index (Phi) is 9.90. The van der Waals surface area contributed by atoms with Crippen LogP contribution in [0.4, 0.5) is 32.0 Å². The lowest BCUT2D eigenvalue weighted by atomic mass is 9.92.